The highest BCUT2D eigenvalue weighted by Gasteiger charge is 2.26. The molecule has 0 atom stereocenters. The monoisotopic (exact) mass is 737 g/mol. The van der Waals surface area contributed by atoms with Gasteiger partial charge in [-0.3, -0.25) is 0 Å². The third-order valence-electron chi connectivity index (χ3n) is 11.9. The summed E-state index contributed by atoms with van der Waals surface area (Å²) in [6.45, 7) is 0. The van der Waals surface area contributed by atoms with Crippen LogP contribution in [0.15, 0.2) is 217 Å². The molecule has 10 aromatic carbocycles. The van der Waals surface area contributed by atoms with E-state index in [2.05, 4.69) is 211 Å². The Bertz CT molecular complexity index is 3380. The largest absolute Gasteiger partial charge is 0.454 e. The van der Waals surface area contributed by atoms with Crippen LogP contribution in [0.4, 0.5) is 17.1 Å². The van der Waals surface area contributed by atoms with Gasteiger partial charge < -0.3 is 9.32 Å². The maximum absolute atomic E-state index is 6.66. The summed E-state index contributed by atoms with van der Waals surface area (Å²) in [4.78, 5) is 2.35. The Hall–Kier alpha value is -7.68. The van der Waals surface area contributed by atoms with Gasteiger partial charge in [-0.25, -0.2) is 0 Å². The second kappa shape index (κ2) is 12.9. The molecule has 12 rings (SSSR count). The van der Waals surface area contributed by atoms with Crippen molar-refractivity contribution in [1.29, 1.82) is 0 Å². The van der Waals surface area contributed by atoms with Crippen LogP contribution in [-0.4, -0.2) is 0 Å². The zero-order valence-electron chi connectivity index (χ0n) is 31.6. The van der Waals surface area contributed by atoms with E-state index in [0.717, 1.165) is 44.6 Å². The van der Waals surface area contributed by atoms with Crippen molar-refractivity contribution in [1.82, 2.24) is 0 Å². The lowest BCUT2D eigenvalue weighted by Gasteiger charge is -2.28. The Morgan fingerprint density at radius 2 is 0.776 bits per heavy atom. The van der Waals surface area contributed by atoms with Gasteiger partial charge in [0.2, 0.25) is 0 Å². The Kier molecular flexibility index (Phi) is 7.26. The lowest BCUT2D eigenvalue weighted by molar-refractivity contribution is 0.669. The van der Waals surface area contributed by atoms with E-state index in [1.165, 1.54) is 71.6 Å². The summed E-state index contributed by atoms with van der Waals surface area (Å²) in [7, 11) is 0. The Labute approximate surface area is 336 Å². The van der Waals surface area contributed by atoms with Crippen LogP contribution in [0.2, 0.25) is 0 Å². The number of nitrogens with zero attached hydrogens (tertiary/aromatic N) is 1. The van der Waals surface area contributed by atoms with Gasteiger partial charge in [0.1, 0.15) is 5.58 Å². The molecule has 0 radical (unpaired) electrons. The highest BCUT2D eigenvalue weighted by Crippen LogP contribution is 2.52. The first-order valence-electron chi connectivity index (χ1n) is 19.9. The molecule has 58 heavy (non-hydrogen) atoms. The molecular weight excluding hydrogens is 703 g/mol. The van der Waals surface area contributed by atoms with Crippen LogP contribution in [0.25, 0.3) is 99.1 Å². The molecule has 0 saturated carbocycles. The van der Waals surface area contributed by atoms with Crippen LogP contribution < -0.4 is 4.90 Å². The number of benzene rings is 10. The van der Waals surface area contributed by atoms with E-state index >= 15 is 0 Å². The van der Waals surface area contributed by atoms with E-state index in [4.69, 9.17) is 4.42 Å². The number of furan rings is 1. The highest BCUT2D eigenvalue weighted by atomic mass is 16.3. The van der Waals surface area contributed by atoms with Crippen molar-refractivity contribution in [2.75, 3.05) is 4.90 Å². The Balaban J connectivity index is 1.01. The molecule has 0 amide bonds. The molecule has 0 fully saturated rings. The normalized spacial score (nSPS) is 11.8. The lowest BCUT2D eigenvalue weighted by atomic mass is 9.77. The molecule has 1 aliphatic rings. The number of para-hydroxylation sites is 2. The van der Waals surface area contributed by atoms with Gasteiger partial charge in [0.25, 0.3) is 0 Å². The average molecular weight is 738 g/mol. The van der Waals surface area contributed by atoms with Crippen LogP contribution in [0.1, 0.15) is 0 Å². The quantitative estimate of drug-likeness (QED) is 0.169. The molecule has 0 saturated heterocycles. The van der Waals surface area contributed by atoms with E-state index < -0.39 is 0 Å². The first-order chi connectivity index (χ1) is 28.7. The van der Waals surface area contributed by atoms with Crippen molar-refractivity contribution < 1.29 is 4.42 Å². The number of hydrogen-bond donors (Lipinski definition) is 0. The predicted octanol–water partition coefficient (Wildman–Crippen LogP) is 16.0. The number of hydrogen-bond acceptors (Lipinski definition) is 2. The first-order valence-corrected chi connectivity index (χ1v) is 19.9. The Morgan fingerprint density at radius 1 is 0.293 bits per heavy atom. The SMILES string of the molecule is c1ccc(-c2cccc(N(c3ccc4cc5c(cc4c3)-c3cc4cc(-c6ccccc6)c(-c6ccccc6)cc4cc3-5)c3cccc4c3oc3ccccc34)c2)cc1. The molecule has 2 nitrogen and oxygen atoms in total. The summed E-state index contributed by atoms with van der Waals surface area (Å²) < 4.78 is 6.66. The van der Waals surface area contributed by atoms with Gasteiger partial charge in [0.05, 0.1) is 5.69 Å². The van der Waals surface area contributed by atoms with Gasteiger partial charge in [-0.05, 0) is 150 Å². The standard InChI is InChI=1S/C56H35NO/c1-4-14-36(15-5-1)39-20-12-21-44(28-39)57(54-24-13-23-47-46-22-10-11-25-55(46)58-56(47)54)45-27-26-40-30-50-51(33-41(40)29-45)53-35-43-32-49(38-18-8-3-9-19-38)48(31-42(43)34-52(50)53)37-16-6-2-7-17-37/h1-35H. The first kappa shape index (κ1) is 32.6. The summed E-state index contributed by atoms with van der Waals surface area (Å²) in [6, 6.07) is 76.9. The fourth-order valence-electron chi connectivity index (χ4n) is 9.11. The number of anilines is 3. The van der Waals surface area contributed by atoms with Crippen LogP contribution in [0, 0.1) is 0 Å². The summed E-state index contributed by atoms with van der Waals surface area (Å²) in [6.07, 6.45) is 0. The molecule has 0 spiro atoms. The minimum absolute atomic E-state index is 0.872. The molecule has 270 valence electrons. The fourth-order valence-corrected chi connectivity index (χ4v) is 9.11. The van der Waals surface area contributed by atoms with E-state index in [-0.39, 0.29) is 0 Å². The molecule has 0 N–H and O–H groups in total. The van der Waals surface area contributed by atoms with Crippen molar-refractivity contribution in [2.24, 2.45) is 0 Å². The average Bonchev–Trinajstić information content (AvgIpc) is 3.68. The maximum atomic E-state index is 6.66. The molecule has 1 heterocycles. The minimum atomic E-state index is 0.872. The minimum Gasteiger partial charge on any atom is -0.454 e. The van der Waals surface area contributed by atoms with Gasteiger partial charge in [0, 0.05) is 22.1 Å². The number of rotatable bonds is 6. The van der Waals surface area contributed by atoms with Crippen molar-refractivity contribution in [2.45, 2.75) is 0 Å². The van der Waals surface area contributed by atoms with E-state index in [1.54, 1.807) is 0 Å². The summed E-state index contributed by atoms with van der Waals surface area (Å²) in [5, 5.41) is 7.15. The van der Waals surface area contributed by atoms with E-state index in [0.29, 0.717) is 0 Å². The third-order valence-corrected chi connectivity index (χ3v) is 11.9. The summed E-state index contributed by atoms with van der Waals surface area (Å²) in [5.74, 6) is 0. The smallest absolute Gasteiger partial charge is 0.159 e. The van der Waals surface area contributed by atoms with Gasteiger partial charge >= 0.3 is 0 Å². The molecule has 0 aliphatic heterocycles. The molecule has 0 unspecified atom stereocenters. The Morgan fingerprint density at radius 3 is 1.43 bits per heavy atom. The third kappa shape index (κ3) is 5.19. The highest BCUT2D eigenvalue weighted by molar-refractivity contribution is 6.14. The van der Waals surface area contributed by atoms with Gasteiger partial charge in [-0.1, -0.05) is 140 Å². The second-order valence-electron chi connectivity index (χ2n) is 15.3. The molecule has 11 aromatic rings. The summed E-state index contributed by atoms with van der Waals surface area (Å²) >= 11 is 0. The zero-order valence-corrected chi connectivity index (χ0v) is 31.6. The fraction of sp³-hybridized carbons (Fsp3) is 0. The van der Waals surface area contributed by atoms with E-state index in [1.807, 2.05) is 6.07 Å². The van der Waals surface area contributed by atoms with Gasteiger partial charge in [0.15, 0.2) is 5.58 Å². The van der Waals surface area contributed by atoms with Crippen molar-refractivity contribution >= 4 is 60.5 Å². The van der Waals surface area contributed by atoms with Crippen LogP contribution in [0.3, 0.4) is 0 Å². The van der Waals surface area contributed by atoms with Crippen molar-refractivity contribution in [3.63, 3.8) is 0 Å². The van der Waals surface area contributed by atoms with Crippen LogP contribution in [0.5, 0.6) is 0 Å². The molecule has 1 aromatic heterocycles. The maximum Gasteiger partial charge on any atom is 0.159 e. The van der Waals surface area contributed by atoms with Crippen molar-refractivity contribution in [3.05, 3.63) is 212 Å². The predicted molar refractivity (Wildman–Crippen MR) is 244 cm³/mol. The number of fused-ring (bicyclic) bond motifs is 9. The van der Waals surface area contributed by atoms with Gasteiger partial charge in [-0.2, -0.15) is 0 Å². The molecule has 0 bridgehead atoms. The van der Waals surface area contributed by atoms with Crippen LogP contribution in [-0.2, 0) is 0 Å². The summed E-state index contributed by atoms with van der Waals surface area (Å²) in [5.41, 5.74) is 17.4. The topological polar surface area (TPSA) is 16.4 Å². The van der Waals surface area contributed by atoms with E-state index in [9.17, 15) is 0 Å². The van der Waals surface area contributed by atoms with Crippen molar-refractivity contribution in [3.8, 4) is 55.6 Å². The second-order valence-corrected chi connectivity index (χ2v) is 15.3. The zero-order chi connectivity index (χ0) is 38.2. The molecule has 1 aliphatic carbocycles. The molecule has 2 heteroatoms. The van der Waals surface area contributed by atoms with Crippen LogP contribution >= 0.6 is 0 Å². The molecular formula is C56H35NO. The van der Waals surface area contributed by atoms with Gasteiger partial charge in [-0.15, -0.1) is 0 Å². The lowest BCUT2D eigenvalue weighted by Crippen LogP contribution is -2.10.